The molecule has 0 saturated carbocycles. The van der Waals surface area contributed by atoms with E-state index >= 15 is 0 Å². The highest BCUT2D eigenvalue weighted by Gasteiger charge is 2.24. The molecule has 1 aliphatic heterocycles. The molecule has 0 radical (unpaired) electrons. The van der Waals surface area contributed by atoms with Crippen molar-refractivity contribution in [1.29, 1.82) is 0 Å². The van der Waals surface area contributed by atoms with Gasteiger partial charge in [-0.3, -0.25) is 4.98 Å². The molecular formula is C22H15FN2O4S. The van der Waals surface area contributed by atoms with E-state index in [0.29, 0.717) is 28.1 Å². The van der Waals surface area contributed by atoms with Gasteiger partial charge in [-0.2, -0.15) is 0 Å². The van der Waals surface area contributed by atoms with Crippen molar-refractivity contribution in [3.8, 4) is 11.5 Å². The molecule has 0 atom stereocenters. The second-order valence-corrected chi connectivity index (χ2v) is 8.59. The molecule has 8 heteroatoms. The van der Waals surface area contributed by atoms with Crippen LogP contribution in [-0.4, -0.2) is 20.2 Å². The van der Waals surface area contributed by atoms with Gasteiger partial charge in [0.25, 0.3) is 0 Å². The summed E-state index contributed by atoms with van der Waals surface area (Å²) in [6.45, 7) is 0.121. The summed E-state index contributed by atoms with van der Waals surface area (Å²) in [6.07, 6.45) is 1.29. The van der Waals surface area contributed by atoms with Crippen LogP contribution in [0, 0.1) is 5.82 Å². The number of ether oxygens (including phenoxy) is 2. The monoisotopic (exact) mass is 422 g/mol. The Bertz CT molecular complexity index is 1380. The number of pyridine rings is 1. The summed E-state index contributed by atoms with van der Waals surface area (Å²) in [5, 5.41) is 3.48. The van der Waals surface area contributed by atoms with Gasteiger partial charge in [-0.25, -0.2) is 12.8 Å². The largest absolute Gasteiger partial charge is 0.454 e. The summed E-state index contributed by atoms with van der Waals surface area (Å²) in [4.78, 5) is 4.31. The molecule has 0 aliphatic carbocycles. The summed E-state index contributed by atoms with van der Waals surface area (Å²) in [5.74, 6) is 0.646. The summed E-state index contributed by atoms with van der Waals surface area (Å²) in [7, 11) is -3.91. The third kappa shape index (κ3) is 3.11. The maximum absolute atomic E-state index is 14.0. The molecule has 4 aromatic rings. The number of sulfone groups is 1. The molecule has 0 spiro atoms. The minimum absolute atomic E-state index is 0.0514. The molecule has 0 amide bonds. The van der Waals surface area contributed by atoms with E-state index in [2.05, 4.69) is 10.3 Å². The van der Waals surface area contributed by atoms with Crippen molar-refractivity contribution in [1.82, 2.24) is 4.98 Å². The number of hydrogen-bond acceptors (Lipinski definition) is 6. The summed E-state index contributed by atoms with van der Waals surface area (Å²) >= 11 is 0. The summed E-state index contributed by atoms with van der Waals surface area (Å²) < 4.78 is 51.4. The van der Waals surface area contributed by atoms with Crippen molar-refractivity contribution in [3.05, 3.63) is 78.7 Å². The third-order valence-corrected chi connectivity index (χ3v) is 6.56. The molecule has 5 rings (SSSR count). The molecule has 0 saturated heterocycles. The molecular weight excluding hydrogens is 407 g/mol. The molecule has 3 aromatic carbocycles. The zero-order chi connectivity index (χ0) is 20.7. The number of fused-ring (bicyclic) bond motifs is 2. The van der Waals surface area contributed by atoms with E-state index in [4.69, 9.17) is 9.47 Å². The average Bonchev–Trinajstić information content (AvgIpc) is 3.22. The lowest BCUT2D eigenvalue weighted by molar-refractivity contribution is 0.174. The van der Waals surface area contributed by atoms with Gasteiger partial charge in [-0.05, 0) is 42.5 Å². The smallest absolute Gasteiger partial charge is 0.231 e. The summed E-state index contributed by atoms with van der Waals surface area (Å²) in [5.41, 5.74) is 1.27. The minimum Gasteiger partial charge on any atom is -0.454 e. The van der Waals surface area contributed by atoms with Gasteiger partial charge in [-0.1, -0.05) is 18.2 Å². The molecule has 0 bridgehead atoms. The van der Waals surface area contributed by atoms with E-state index in [9.17, 15) is 12.8 Å². The van der Waals surface area contributed by atoms with Crippen molar-refractivity contribution in [2.24, 2.45) is 0 Å². The Balaban J connectivity index is 1.72. The second kappa shape index (κ2) is 7.00. The maximum atomic E-state index is 14.0. The van der Waals surface area contributed by atoms with Crippen LogP contribution < -0.4 is 14.8 Å². The van der Waals surface area contributed by atoms with Crippen molar-refractivity contribution >= 4 is 32.1 Å². The van der Waals surface area contributed by atoms with Gasteiger partial charge >= 0.3 is 0 Å². The second-order valence-electron chi connectivity index (χ2n) is 6.67. The topological polar surface area (TPSA) is 77.5 Å². The lowest BCUT2D eigenvalue weighted by Gasteiger charge is -2.15. The van der Waals surface area contributed by atoms with Crippen molar-refractivity contribution in [3.63, 3.8) is 0 Å². The first-order valence-electron chi connectivity index (χ1n) is 9.07. The van der Waals surface area contributed by atoms with Crippen LogP contribution in [0.5, 0.6) is 11.5 Å². The number of hydrogen-bond donors (Lipinski definition) is 1. The molecule has 30 heavy (non-hydrogen) atoms. The first-order valence-corrected chi connectivity index (χ1v) is 10.6. The van der Waals surface area contributed by atoms with Gasteiger partial charge in [0.15, 0.2) is 11.5 Å². The summed E-state index contributed by atoms with van der Waals surface area (Å²) in [6, 6.07) is 17.3. The van der Waals surface area contributed by atoms with E-state index in [0.717, 1.165) is 0 Å². The zero-order valence-corrected chi connectivity index (χ0v) is 16.3. The molecule has 1 aliphatic rings. The van der Waals surface area contributed by atoms with Crippen LogP contribution in [0.1, 0.15) is 0 Å². The lowest BCUT2D eigenvalue weighted by atomic mass is 10.1. The van der Waals surface area contributed by atoms with Crippen LogP contribution in [0.4, 0.5) is 15.8 Å². The molecule has 0 unspecified atom stereocenters. The number of halogens is 1. The van der Waals surface area contributed by atoms with E-state index in [1.165, 1.54) is 36.5 Å². The lowest BCUT2D eigenvalue weighted by Crippen LogP contribution is -2.07. The fourth-order valence-corrected chi connectivity index (χ4v) is 4.72. The number of aromatic nitrogens is 1. The first-order chi connectivity index (χ1) is 14.5. The number of benzene rings is 3. The molecule has 1 N–H and O–H groups in total. The van der Waals surface area contributed by atoms with E-state index in [1.807, 2.05) is 0 Å². The highest BCUT2D eigenvalue weighted by molar-refractivity contribution is 7.91. The Morgan fingerprint density at radius 2 is 1.73 bits per heavy atom. The molecule has 1 aromatic heterocycles. The molecule has 2 heterocycles. The predicted molar refractivity (Wildman–Crippen MR) is 109 cm³/mol. The van der Waals surface area contributed by atoms with E-state index < -0.39 is 15.7 Å². The first kappa shape index (κ1) is 18.4. The Labute approximate surface area is 171 Å². The highest BCUT2D eigenvalue weighted by atomic mass is 32.2. The van der Waals surface area contributed by atoms with E-state index in [-0.39, 0.29) is 22.3 Å². The Hall–Kier alpha value is -3.65. The molecule has 150 valence electrons. The van der Waals surface area contributed by atoms with Crippen molar-refractivity contribution < 1.29 is 22.3 Å². The standard InChI is InChI=1S/C22H15FN2O4S/c23-14-6-8-18-17(10-14)22(25-15-7-9-19-20(11-15)29-13-28-19)21(12-24-18)30(26,27)16-4-2-1-3-5-16/h1-12H,13H2,(H,24,25). The fraction of sp³-hybridized carbons (Fsp3) is 0.0455. The van der Waals surface area contributed by atoms with Crippen LogP contribution in [0.25, 0.3) is 10.9 Å². The quantitative estimate of drug-likeness (QED) is 0.515. The van der Waals surface area contributed by atoms with Crippen molar-refractivity contribution in [2.45, 2.75) is 9.79 Å². The molecule has 6 nitrogen and oxygen atoms in total. The highest BCUT2D eigenvalue weighted by Crippen LogP contribution is 2.39. The minimum atomic E-state index is -3.91. The Morgan fingerprint density at radius 1 is 0.933 bits per heavy atom. The zero-order valence-electron chi connectivity index (χ0n) is 15.5. The maximum Gasteiger partial charge on any atom is 0.231 e. The van der Waals surface area contributed by atoms with Crippen LogP contribution in [0.2, 0.25) is 0 Å². The van der Waals surface area contributed by atoms with Gasteiger partial charge in [0.2, 0.25) is 16.6 Å². The van der Waals surface area contributed by atoms with Gasteiger partial charge in [0.05, 0.1) is 16.1 Å². The number of nitrogens with zero attached hydrogens (tertiary/aromatic N) is 1. The number of nitrogens with one attached hydrogen (secondary N) is 1. The van der Waals surface area contributed by atoms with Crippen molar-refractivity contribution in [2.75, 3.05) is 12.1 Å². The van der Waals surface area contributed by atoms with Gasteiger partial charge in [0.1, 0.15) is 10.7 Å². The van der Waals surface area contributed by atoms with Gasteiger partial charge < -0.3 is 14.8 Å². The SMILES string of the molecule is O=S(=O)(c1ccccc1)c1cnc2ccc(F)cc2c1Nc1ccc2c(c1)OCO2. The predicted octanol–water partition coefficient (Wildman–Crippen LogP) is 4.68. The Kier molecular flexibility index (Phi) is 4.29. The average molecular weight is 422 g/mol. The van der Waals surface area contributed by atoms with Gasteiger partial charge in [-0.15, -0.1) is 0 Å². The van der Waals surface area contributed by atoms with Crippen LogP contribution >= 0.6 is 0 Å². The van der Waals surface area contributed by atoms with Crippen LogP contribution in [-0.2, 0) is 9.84 Å². The van der Waals surface area contributed by atoms with Crippen LogP contribution in [0.15, 0.2) is 82.7 Å². The molecule has 0 fully saturated rings. The number of anilines is 2. The number of rotatable bonds is 4. The van der Waals surface area contributed by atoms with Crippen LogP contribution in [0.3, 0.4) is 0 Å². The van der Waals surface area contributed by atoms with Gasteiger partial charge in [0, 0.05) is 23.3 Å². The van der Waals surface area contributed by atoms with E-state index in [1.54, 1.807) is 36.4 Å². The normalized spacial score (nSPS) is 12.8. The third-order valence-electron chi connectivity index (χ3n) is 4.78. The fourth-order valence-electron chi connectivity index (χ4n) is 3.32. The Morgan fingerprint density at radius 3 is 2.57 bits per heavy atom.